The average Bonchev–Trinajstić information content (AvgIpc) is 2.52. The summed E-state index contributed by atoms with van der Waals surface area (Å²) in [6, 6.07) is 0. The summed E-state index contributed by atoms with van der Waals surface area (Å²) in [5.74, 6) is 0.960. The van der Waals surface area contributed by atoms with Crippen molar-refractivity contribution >= 4 is 0 Å². The Kier molecular flexibility index (Phi) is 19.0. The van der Waals surface area contributed by atoms with Crippen molar-refractivity contribution in [2.45, 2.75) is 129 Å². The molecule has 0 saturated carbocycles. The van der Waals surface area contributed by atoms with Crippen molar-refractivity contribution in [1.29, 1.82) is 0 Å². The third kappa shape index (κ3) is 18.1. The Balaban J connectivity index is 3.10. The van der Waals surface area contributed by atoms with Crippen molar-refractivity contribution in [2.24, 2.45) is 5.92 Å². The van der Waals surface area contributed by atoms with Crippen LogP contribution in [0.2, 0.25) is 0 Å². The summed E-state index contributed by atoms with van der Waals surface area (Å²) < 4.78 is 0. The molecule has 0 aromatic carbocycles. The minimum Gasteiger partial charge on any atom is -0.0654 e. The molecule has 1 atom stereocenters. The van der Waals surface area contributed by atoms with Crippen molar-refractivity contribution in [3.05, 3.63) is 6.92 Å². The normalized spacial score (nSPS) is 12.7. The molecule has 0 aromatic heterocycles. The smallest absolute Gasteiger partial charge is 0.0443 e. The van der Waals surface area contributed by atoms with E-state index < -0.39 is 0 Å². The summed E-state index contributed by atoms with van der Waals surface area (Å²) in [5.41, 5.74) is 0. The highest BCUT2D eigenvalue weighted by molar-refractivity contribution is 4.56. The predicted molar refractivity (Wildman–Crippen MR) is 103 cm³/mol. The topological polar surface area (TPSA) is 0 Å². The fraction of sp³-hybridized carbons (Fsp3) is 0.955. The van der Waals surface area contributed by atoms with Crippen LogP contribution in [-0.2, 0) is 0 Å². The molecule has 0 fully saturated rings. The van der Waals surface area contributed by atoms with Crippen molar-refractivity contribution in [3.63, 3.8) is 0 Å². The first-order chi connectivity index (χ1) is 10.8. The molecule has 0 aliphatic heterocycles. The maximum Gasteiger partial charge on any atom is -0.0443 e. The van der Waals surface area contributed by atoms with Crippen LogP contribution in [-0.4, -0.2) is 0 Å². The van der Waals surface area contributed by atoms with Crippen LogP contribution in [0.4, 0.5) is 0 Å². The van der Waals surface area contributed by atoms with Crippen molar-refractivity contribution < 1.29 is 0 Å². The molecule has 0 spiro atoms. The van der Waals surface area contributed by atoms with E-state index in [1.165, 1.54) is 109 Å². The van der Waals surface area contributed by atoms with Gasteiger partial charge in [0.05, 0.1) is 0 Å². The summed E-state index contributed by atoms with van der Waals surface area (Å²) >= 11 is 0. The van der Waals surface area contributed by atoms with Crippen LogP contribution in [0.1, 0.15) is 129 Å². The second kappa shape index (κ2) is 19.0. The molecule has 1 unspecified atom stereocenters. The highest BCUT2D eigenvalue weighted by Gasteiger charge is 2.02. The van der Waals surface area contributed by atoms with Gasteiger partial charge in [-0.1, -0.05) is 136 Å². The lowest BCUT2D eigenvalue weighted by Crippen LogP contribution is -1.95. The SMILES string of the molecule is [CH2]CCCCCCCC(C)CCCCCCCCCCCC. The first kappa shape index (κ1) is 22.0. The Morgan fingerprint density at radius 2 is 0.909 bits per heavy atom. The van der Waals surface area contributed by atoms with Crippen LogP contribution in [0.3, 0.4) is 0 Å². The van der Waals surface area contributed by atoms with Gasteiger partial charge < -0.3 is 0 Å². The number of unbranched alkanes of at least 4 members (excludes halogenated alkanes) is 14. The molecule has 133 valence electrons. The van der Waals surface area contributed by atoms with Crippen LogP contribution >= 0.6 is 0 Å². The van der Waals surface area contributed by atoms with E-state index in [1.54, 1.807) is 0 Å². The molecular weight excluding hydrogens is 264 g/mol. The van der Waals surface area contributed by atoms with Gasteiger partial charge in [0.2, 0.25) is 0 Å². The molecule has 0 nitrogen and oxygen atoms in total. The minimum absolute atomic E-state index is 0.960. The van der Waals surface area contributed by atoms with Gasteiger partial charge in [0.15, 0.2) is 0 Å². The van der Waals surface area contributed by atoms with E-state index in [2.05, 4.69) is 20.8 Å². The van der Waals surface area contributed by atoms with Crippen molar-refractivity contribution in [1.82, 2.24) is 0 Å². The van der Waals surface area contributed by atoms with Gasteiger partial charge in [0.25, 0.3) is 0 Å². The lowest BCUT2D eigenvalue weighted by atomic mass is 9.96. The molecule has 0 heteroatoms. The molecule has 0 heterocycles. The third-order valence-electron chi connectivity index (χ3n) is 5.00. The Morgan fingerprint density at radius 3 is 1.32 bits per heavy atom. The summed E-state index contributed by atoms with van der Waals surface area (Å²) in [5, 5.41) is 0. The van der Waals surface area contributed by atoms with Gasteiger partial charge in [0.1, 0.15) is 0 Å². The Bertz CT molecular complexity index is 184. The predicted octanol–water partition coefficient (Wildman–Crippen LogP) is 8.50. The van der Waals surface area contributed by atoms with E-state index in [0.717, 1.165) is 12.3 Å². The van der Waals surface area contributed by atoms with E-state index >= 15 is 0 Å². The van der Waals surface area contributed by atoms with Crippen molar-refractivity contribution in [2.75, 3.05) is 0 Å². The van der Waals surface area contributed by atoms with Gasteiger partial charge in [-0.25, -0.2) is 0 Å². The third-order valence-corrected chi connectivity index (χ3v) is 5.00. The van der Waals surface area contributed by atoms with Gasteiger partial charge in [-0.15, -0.1) is 0 Å². The van der Waals surface area contributed by atoms with Crippen LogP contribution in [0.25, 0.3) is 0 Å². The lowest BCUT2D eigenvalue weighted by molar-refractivity contribution is 0.431. The molecule has 0 rings (SSSR count). The second-order valence-corrected chi connectivity index (χ2v) is 7.49. The average molecular weight is 310 g/mol. The van der Waals surface area contributed by atoms with E-state index in [-0.39, 0.29) is 0 Å². The highest BCUT2D eigenvalue weighted by Crippen LogP contribution is 2.18. The zero-order chi connectivity index (χ0) is 16.3. The highest BCUT2D eigenvalue weighted by atomic mass is 14.1. The standard InChI is InChI=1S/C22H45/c1-4-6-8-10-12-13-14-15-17-19-21-22(3)20-18-16-11-9-7-5-2/h22H,2,4-21H2,1,3H3. The largest absolute Gasteiger partial charge is 0.0654 e. The molecule has 0 bridgehead atoms. The Hall–Kier alpha value is 0. The monoisotopic (exact) mass is 309 g/mol. The maximum absolute atomic E-state index is 3.91. The molecular formula is C22H45. The zero-order valence-corrected chi connectivity index (χ0v) is 16.0. The van der Waals surface area contributed by atoms with Crippen LogP contribution < -0.4 is 0 Å². The first-order valence-corrected chi connectivity index (χ1v) is 10.6. The van der Waals surface area contributed by atoms with Crippen LogP contribution in [0, 0.1) is 12.8 Å². The molecule has 0 aliphatic carbocycles. The van der Waals surface area contributed by atoms with Gasteiger partial charge >= 0.3 is 0 Å². The molecule has 0 amide bonds. The lowest BCUT2D eigenvalue weighted by Gasteiger charge is -2.11. The number of hydrogen-bond donors (Lipinski definition) is 0. The summed E-state index contributed by atoms with van der Waals surface area (Å²) in [4.78, 5) is 0. The quantitative estimate of drug-likeness (QED) is 0.223. The van der Waals surface area contributed by atoms with Crippen LogP contribution in [0.15, 0.2) is 0 Å². The summed E-state index contributed by atoms with van der Waals surface area (Å²) in [7, 11) is 0. The summed E-state index contributed by atoms with van der Waals surface area (Å²) in [6.45, 7) is 8.67. The molecule has 0 N–H and O–H groups in total. The molecule has 1 radical (unpaired) electrons. The fourth-order valence-electron chi connectivity index (χ4n) is 3.32. The fourth-order valence-corrected chi connectivity index (χ4v) is 3.32. The molecule has 0 saturated heterocycles. The van der Waals surface area contributed by atoms with Crippen molar-refractivity contribution in [3.8, 4) is 0 Å². The summed E-state index contributed by atoms with van der Waals surface area (Å²) in [6.07, 6.45) is 25.7. The van der Waals surface area contributed by atoms with E-state index in [9.17, 15) is 0 Å². The molecule has 0 aromatic rings. The van der Waals surface area contributed by atoms with Gasteiger partial charge in [-0.05, 0) is 5.92 Å². The molecule has 0 aliphatic rings. The van der Waals surface area contributed by atoms with Crippen LogP contribution in [0.5, 0.6) is 0 Å². The number of hydrogen-bond acceptors (Lipinski definition) is 0. The minimum atomic E-state index is 0.960. The Morgan fingerprint density at radius 1 is 0.545 bits per heavy atom. The van der Waals surface area contributed by atoms with Gasteiger partial charge in [0, 0.05) is 0 Å². The van der Waals surface area contributed by atoms with E-state index in [0.29, 0.717) is 0 Å². The van der Waals surface area contributed by atoms with E-state index in [4.69, 9.17) is 0 Å². The second-order valence-electron chi connectivity index (χ2n) is 7.49. The zero-order valence-electron chi connectivity index (χ0n) is 16.0. The Labute approximate surface area is 142 Å². The molecule has 22 heavy (non-hydrogen) atoms. The van der Waals surface area contributed by atoms with Gasteiger partial charge in [-0.2, -0.15) is 0 Å². The van der Waals surface area contributed by atoms with E-state index in [1.807, 2.05) is 0 Å². The first-order valence-electron chi connectivity index (χ1n) is 10.6. The maximum atomic E-state index is 3.91. The number of rotatable bonds is 18. The van der Waals surface area contributed by atoms with Gasteiger partial charge in [-0.3, -0.25) is 0 Å².